The number of halogens is 1. The molecule has 0 aliphatic carbocycles. The van der Waals surface area contributed by atoms with Crippen LogP contribution in [0, 0.1) is 5.41 Å². The van der Waals surface area contributed by atoms with Crippen LogP contribution in [0.5, 0.6) is 0 Å². The molecule has 2 aromatic heterocycles. The molecule has 148 valence electrons. The summed E-state index contributed by atoms with van der Waals surface area (Å²) in [5.41, 5.74) is 5.85. The summed E-state index contributed by atoms with van der Waals surface area (Å²) in [6.07, 6.45) is 2.02. The van der Waals surface area contributed by atoms with Crippen molar-refractivity contribution in [2.75, 3.05) is 32.7 Å². The van der Waals surface area contributed by atoms with Gasteiger partial charge in [-0.15, -0.1) is 0 Å². The SMILES string of the molecule is COCC(CCn1cnc2c(Cl)nc(N)nc21)(COC(C)=O)COC(C)=O. The second-order valence-corrected chi connectivity index (χ2v) is 6.58. The lowest BCUT2D eigenvalue weighted by Gasteiger charge is -2.32. The number of anilines is 1. The molecule has 0 spiro atoms. The van der Waals surface area contributed by atoms with Crippen LogP contribution in [0.3, 0.4) is 0 Å². The number of nitrogens with zero attached hydrogens (tertiary/aromatic N) is 4. The molecule has 0 atom stereocenters. The van der Waals surface area contributed by atoms with Gasteiger partial charge in [-0.25, -0.2) is 4.98 Å². The largest absolute Gasteiger partial charge is 0.465 e. The standard InChI is InChI=1S/C16H22ClN5O5/c1-10(23)26-7-16(6-25-3,8-27-11(2)24)4-5-22-9-19-12-13(17)20-15(18)21-14(12)22/h9H,4-8H2,1-3H3,(H2,18,20,21). The normalized spacial score (nSPS) is 11.6. The van der Waals surface area contributed by atoms with Crippen molar-refractivity contribution in [1.82, 2.24) is 19.5 Å². The number of rotatable bonds is 9. The summed E-state index contributed by atoms with van der Waals surface area (Å²) in [5.74, 6) is -0.824. The number of imidazole rings is 1. The van der Waals surface area contributed by atoms with E-state index in [9.17, 15) is 9.59 Å². The van der Waals surface area contributed by atoms with Crippen LogP contribution in [-0.2, 0) is 30.3 Å². The zero-order valence-electron chi connectivity index (χ0n) is 15.4. The molecule has 0 fully saturated rings. The molecule has 27 heavy (non-hydrogen) atoms. The molecule has 0 saturated heterocycles. The van der Waals surface area contributed by atoms with Crippen molar-refractivity contribution in [3.8, 4) is 0 Å². The van der Waals surface area contributed by atoms with Gasteiger partial charge in [0, 0.05) is 27.5 Å². The van der Waals surface area contributed by atoms with Gasteiger partial charge in [0.25, 0.3) is 0 Å². The predicted molar refractivity (Wildman–Crippen MR) is 96.9 cm³/mol. The smallest absolute Gasteiger partial charge is 0.302 e. The Balaban J connectivity index is 2.25. The summed E-state index contributed by atoms with van der Waals surface area (Å²) in [4.78, 5) is 34.8. The van der Waals surface area contributed by atoms with E-state index < -0.39 is 17.4 Å². The highest BCUT2D eigenvalue weighted by atomic mass is 35.5. The molecular formula is C16H22ClN5O5. The minimum Gasteiger partial charge on any atom is -0.465 e. The Hall–Kier alpha value is -2.46. The maximum Gasteiger partial charge on any atom is 0.302 e. The Labute approximate surface area is 161 Å². The number of ether oxygens (including phenoxy) is 3. The Morgan fingerprint density at radius 2 is 1.81 bits per heavy atom. The Kier molecular flexibility index (Phi) is 6.92. The lowest BCUT2D eigenvalue weighted by atomic mass is 9.87. The molecule has 11 heteroatoms. The van der Waals surface area contributed by atoms with Crippen molar-refractivity contribution < 1.29 is 23.8 Å². The molecule has 0 bridgehead atoms. The van der Waals surface area contributed by atoms with Gasteiger partial charge in [-0.05, 0) is 6.42 Å². The summed E-state index contributed by atoms with van der Waals surface area (Å²) >= 11 is 6.04. The van der Waals surface area contributed by atoms with E-state index >= 15 is 0 Å². The van der Waals surface area contributed by atoms with E-state index in [2.05, 4.69) is 15.0 Å². The van der Waals surface area contributed by atoms with Crippen LogP contribution in [-0.4, -0.2) is 58.4 Å². The fraction of sp³-hybridized carbons (Fsp3) is 0.562. The van der Waals surface area contributed by atoms with Gasteiger partial charge in [-0.1, -0.05) is 11.6 Å². The Morgan fingerprint density at radius 3 is 2.37 bits per heavy atom. The topological polar surface area (TPSA) is 131 Å². The molecule has 0 aromatic carbocycles. The third-order valence-electron chi connectivity index (χ3n) is 3.94. The Morgan fingerprint density at radius 1 is 1.19 bits per heavy atom. The van der Waals surface area contributed by atoms with Crippen LogP contribution in [0.2, 0.25) is 5.15 Å². The number of nitrogens with two attached hydrogens (primary N) is 1. The van der Waals surface area contributed by atoms with Crippen LogP contribution in [0.25, 0.3) is 11.2 Å². The van der Waals surface area contributed by atoms with Crippen molar-refractivity contribution in [2.45, 2.75) is 26.8 Å². The molecule has 0 amide bonds. The summed E-state index contributed by atoms with van der Waals surface area (Å²) in [6.45, 7) is 3.35. The van der Waals surface area contributed by atoms with E-state index in [1.54, 1.807) is 10.9 Å². The monoisotopic (exact) mass is 399 g/mol. The number of nitrogen functional groups attached to an aromatic ring is 1. The summed E-state index contributed by atoms with van der Waals surface area (Å²) < 4.78 is 17.4. The van der Waals surface area contributed by atoms with Crippen LogP contribution in [0.4, 0.5) is 5.95 Å². The van der Waals surface area contributed by atoms with Crippen molar-refractivity contribution in [3.05, 3.63) is 11.5 Å². The first kappa shape index (κ1) is 20.8. The zero-order chi connectivity index (χ0) is 20.0. The first-order chi connectivity index (χ1) is 12.8. The molecule has 10 nitrogen and oxygen atoms in total. The van der Waals surface area contributed by atoms with Gasteiger partial charge in [0.15, 0.2) is 10.8 Å². The number of fused-ring (bicyclic) bond motifs is 1. The lowest BCUT2D eigenvalue weighted by Crippen LogP contribution is -2.39. The third kappa shape index (κ3) is 5.51. The van der Waals surface area contributed by atoms with Crippen LogP contribution in [0.15, 0.2) is 6.33 Å². The highest BCUT2D eigenvalue weighted by Crippen LogP contribution is 2.27. The number of carbonyl (C=O) groups is 2. The summed E-state index contributed by atoms with van der Waals surface area (Å²) in [6, 6.07) is 0. The maximum atomic E-state index is 11.3. The van der Waals surface area contributed by atoms with E-state index in [0.717, 1.165) is 0 Å². The molecule has 2 aromatic rings. The molecule has 0 aliphatic rings. The van der Waals surface area contributed by atoms with E-state index in [0.29, 0.717) is 24.1 Å². The van der Waals surface area contributed by atoms with Gasteiger partial charge >= 0.3 is 11.9 Å². The predicted octanol–water partition coefficient (Wildman–Crippen LogP) is 1.21. The minimum absolute atomic E-state index is 0.0357. The molecule has 0 aliphatic heterocycles. The molecule has 2 N–H and O–H groups in total. The average molecular weight is 400 g/mol. The van der Waals surface area contributed by atoms with Gasteiger partial charge in [-0.2, -0.15) is 9.97 Å². The molecular weight excluding hydrogens is 378 g/mol. The average Bonchev–Trinajstić information content (AvgIpc) is 2.99. The fourth-order valence-electron chi connectivity index (χ4n) is 2.60. The highest BCUT2D eigenvalue weighted by Gasteiger charge is 2.34. The number of hydrogen-bond donors (Lipinski definition) is 1. The third-order valence-corrected chi connectivity index (χ3v) is 4.20. The first-order valence-electron chi connectivity index (χ1n) is 8.16. The molecule has 0 radical (unpaired) electrons. The highest BCUT2D eigenvalue weighted by molar-refractivity contribution is 6.33. The number of methoxy groups -OCH3 is 1. The Bertz CT molecular complexity index is 807. The van der Waals surface area contributed by atoms with Gasteiger partial charge in [0.05, 0.1) is 18.3 Å². The molecule has 2 heterocycles. The fourth-order valence-corrected chi connectivity index (χ4v) is 2.82. The number of hydrogen-bond acceptors (Lipinski definition) is 9. The van der Waals surface area contributed by atoms with Gasteiger partial charge in [0.1, 0.15) is 18.7 Å². The van der Waals surface area contributed by atoms with Crippen LogP contribution in [0.1, 0.15) is 20.3 Å². The zero-order valence-corrected chi connectivity index (χ0v) is 16.2. The van der Waals surface area contributed by atoms with E-state index in [-0.39, 0.29) is 30.9 Å². The van der Waals surface area contributed by atoms with Gasteiger partial charge in [-0.3, -0.25) is 9.59 Å². The quantitative estimate of drug-likeness (QED) is 0.488. The molecule has 2 rings (SSSR count). The first-order valence-corrected chi connectivity index (χ1v) is 8.53. The number of aryl methyl sites for hydroxylation is 1. The number of aromatic nitrogens is 4. The van der Waals surface area contributed by atoms with Crippen LogP contribution < -0.4 is 5.73 Å². The van der Waals surface area contributed by atoms with Crippen molar-refractivity contribution in [3.63, 3.8) is 0 Å². The van der Waals surface area contributed by atoms with Crippen molar-refractivity contribution in [2.24, 2.45) is 5.41 Å². The summed E-state index contributed by atoms with van der Waals surface area (Å²) in [5, 5.41) is 0.166. The second-order valence-electron chi connectivity index (χ2n) is 6.23. The maximum absolute atomic E-state index is 11.3. The van der Waals surface area contributed by atoms with Gasteiger partial charge in [0.2, 0.25) is 5.95 Å². The lowest BCUT2D eigenvalue weighted by molar-refractivity contribution is -0.155. The summed E-state index contributed by atoms with van der Waals surface area (Å²) in [7, 11) is 1.52. The minimum atomic E-state index is -0.731. The number of esters is 2. The second kappa shape index (κ2) is 8.96. The number of carbonyl (C=O) groups excluding carboxylic acids is 2. The van der Waals surface area contributed by atoms with E-state index in [1.807, 2.05) is 0 Å². The van der Waals surface area contributed by atoms with Crippen molar-refractivity contribution in [1.29, 1.82) is 0 Å². The van der Waals surface area contributed by atoms with Crippen molar-refractivity contribution >= 4 is 40.7 Å². The molecule has 0 unspecified atom stereocenters. The van der Waals surface area contributed by atoms with E-state index in [4.69, 9.17) is 31.5 Å². The van der Waals surface area contributed by atoms with Crippen LogP contribution >= 0.6 is 11.6 Å². The van der Waals surface area contributed by atoms with Gasteiger partial charge < -0.3 is 24.5 Å². The molecule has 0 saturated carbocycles. The van der Waals surface area contributed by atoms with E-state index in [1.165, 1.54) is 21.0 Å².